The summed E-state index contributed by atoms with van der Waals surface area (Å²) in [7, 11) is 2.78. The van der Waals surface area contributed by atoms with Crippen molar-refractivity contribution in [2.24, 2.45) is 0 Å². The summed E-state index contributed by atoms with van der Waals surface area (Å²) in [6.07, 6.45) is -0.958. The Kier molecular flexibility index (Phi) is 3.75. The van der Waals surface area contributed by atoms with E-state index in [1.54, 1.807) is 24.3 Å². The van der Waals surface area contributed by atoms with Crippen LogP contribution in [0.25, 0.3) is 0 Å². The molecule has 1 aliphatic rings. The summed E-state index contributed by atoms with van der Waals surface area (Å²) < 4.78 is 10.3. The molecule has 1 heterocycles. The lowest BCUT2D eigenvalue weighted by Gasteiger charge is -2.32. The van der Waals surface area contributed by atoms with Crippen LogP contribution in [0.15, 0.2) is 24.3 Å². The number of methoxy groups -OCH3 is 2. The zero-order valence-electron chi connectivity index (χ0n) is 10.4. The van der Waals surface area contributed by atoms with Gasteiger partial charge in [0.15, 0.2) is 11.8 Å². The predicted molar refractivity (Wildman–Crippen MR) is 67.6 cm³/mol. The minimum absolute atomic E-state index is 0.522. The van der Waals surface area contributed by atoms with Crippen LogP contribution in [-0.4, -0.2) is 32.4 Å². The van der Waals surface area contributed by atoms with Gasteiger partial charge in [-0.1, -0.05) is 23.7 Å². The van der Waals surface area contributed by atoms with E-state index in [1.807, 2.05) is 0 Å². The fourth-order valence-electron chi connectivity index (χ4n) is 2.14. The zero-order chi connectivity index (χ0) is 14.0. The van der Waals surface area contributed by atoms with Crippen molar-refractivity contribution in [1.82, 2.24) is 10.6 Å². The van der Waals surface area contributed by atoms with Crippen LogP contribution in [0.3, 0.4) is 0 Å². The molecule has 0 bridgehead atoms. The monoisotopic (exact) mass is 284 g/mol. The summed E-state index contributed by atoms with van der Waals surface area (Å²) in [4.78, 5) is 23.6. The quantitative estimate of drug-likeness (QED) is 0.639. The normalized spacial score (nSPS) is 22.5. The molecule has 0 saturated carbocycles. The van der Waals surface area contributed by atoms with Crippen LogP contribution in [0, 0.1) is 0 Å². The highest BCUT2D eigenvalue weighted by Gasteiger charge is 2.54. The van der Waals surface area contributed by atoms with Crippen molar-refractivity contribution in [1.29, 1.82) is 0 Å². The second-order valence-corrected chi connectivity index (χ2v) is 4.46. The highest BCUT2D eigenvalue weighted by molar-refractivity contribution is 6.30. The number of amides is 3. The molecule has 2 N–H and O–H groups in total. The number of ether oxygens (including phenoxy) is 2. The predicted octanol–water partition coefficient (Wildman–Crippen LogP) is 0.994. The van der Waals surface area contributed by atoms with E-state index >= 15 is 0 Å². The topological polar surface area (TPSA) is 76.7 Å². The van der Waals surface area contributed by atoms with Crippen molar-refractivity contribution < 1.29 is 19.1 Å². The summed E-state index contributed by atoms with van der Waals surface area (Å²) >= 11 is 5.83. The highest BCUT2D eigenvalue weighted by Crippen LogP contribution is 2.31. The average Bonchev–Trinajstić information content (AvgIpc) is 2.68. The van der Waals surface area contributed by atoms with Crippen molar-refractivity contribution in [3.8, 4) is 0 Å². The molecule has 2 rings (SSSR count). The van der Waals surface area contributed by atoms with E-state index in [0.717, 1.165) is 0 Å². The Bertz CT molecular complexity index is 501. The fourth-order valence-corrected chi connectivity index (χ4v) is 2.26. The van der Waals surface area contributed by atoms with Crippen molar-refractivity contribution in [2.75, 3.05) is 14.2 Å². The van der Waals surface area contributed by atoms with Crippen LogP contribution < -0.4 is 10.6 Å². The van der Waals surface area contributed by atoms with Crippen LogP contribution in [-0.2, 0) is 19.8 Å². The summed E-state index contributed by atoms with van der Waals surface area (Å²) in [5.74, 6) is -0.534. The van der Waals surface area contributed by atoms with Crippen molar-refractivity contribution in [3.63, 3.8) is 0 Å². The first-order valence-corrected chi connectivity index (χ1v) is 5.87. The lowest BCUT2D eigenvalue weighted by atomic mass is 9.89. The molecule has 0 aliphatic carbocycles. The van der Waals surface area contributed by atoms with Gasteiger partial charge in [0.1, 0.15) is 0 Å². The van der Waals surface area contributed by atoms with Gasteiger partial charge in [0.2, 0.25) is 0 Å². The van der Waals surface area contributed by atoms with E-state index < -0.39 is 23.8 Å². The van der Waals surface area contributed by atoms with Gasteiger partial charge >= 0.3 is 6.03 Å². The molecule has 1 fully saturated rings. The summed E-state index contributed by atoms with van der Waals surface area (Å²) in [5.41, 5.74) is -0.903. The number of rotatable bonds is 4. The van der Waals surface area contributed by atoms with Gasteiger partial charge in [-0.05, 0) is 17.7 Å². The van der Waals surface area contributed by atoms with E-state index in [1.165, 1.54) is 14.2 Å². The molecule has 1 aromatic carbocycles. The second-order valence-electron chi connectivity index (χ2n) is 4.03. The second kappa shape index (κ2) is 5.16. The van der Waals surface area contributed by atoms with E-state index in [0.29, 0.717) is 10.6 Å². The lowest BCUT2D eigenvalue weighted by molar-refractivity contribution is -0.166. The number of carbonyl (C=O) groups excluding carboxylic acids is 2. The summed E-state index contributed by atoms with van der Waals surface area (Å²) in [6, 6.07) is 5.92. The molecule has 102 valence electrons. The first-order valence-electron chi connectivity index (χ1n) is 5.50. The SMILES string of the molecule is COC(OC)C1(c2ccc(Cl)cc2)NC(=O)NC1=O. The first-order chi connectivity index (χ1) is 9.04. The van der Waals surface area contributed by atoms with Gasteiger partial charge in [0, 0.05) is 19.2 Å². The maximum absolute atomic E-state index is 12.2. The van der Waals surface area contributed by atoms with Gasteiger partial charge in [-0.15, -0.1) is 0 Å². The maximum atomic E-state index is 12.2. The number of hydrogen-bond acceptors (Lipinski definition) is 4. The van der Waals surface area contributed by atoms with Gasteiger partial charge in [-0.2, -0.15) is 0 Å². The third-order valence-electron chi connectivity index (χ3n) is 2.98. The van der Waals surface area contributed by atoms with Crippen LogP contribution in [0.2, 0.25) is 5.02 Å². The molecule has 6 nitrogen and oxygen atoms in total. The molecule has 0 aromatic heterocycles. The highest BCUT2D eigenvalue weighted by atomic mass is 35.5. The molecule has 1 unspecified atom stereocenters. The van der Waals surface area contributed by atoms with Crippen LogP contribution in [0.5, 0.6) is 0 Å². The minimum Gasteiger partial charge on any atom is -0.353 e. The number of halogens is 1. The van der Waals surface area contributed by atoms with Gasteiger partial charge in [-0.3, -0.25) is 10.1 Å². The molecule has 19 heavy (non-hydrogen) atoms. The van der Waals surface area contributed by atoms with Crippen LogP contribution in [0.1, 0.15) is 5.56 Å². The van der Waals surface area contributed by atoms with Crippen LogP contribution in [0.4, 0.5) is 4.79 Å². The third-order valence-corrected chi connectivity index (χ3v) is 3.23. The molecule has 3 amide bonds. The molecule has 1 aromatic rings. The molecule has 0 radical (unpaired) electrons. The van der Waals surface area contributed by atoms with E-state index in [2.05, 4.69) is 10.6 Å². The molecular weight excluding hydrogens is 272 g/mol. The Morgan fingerprint density at radius 2 is 1.74 bits per heavy atom. The molecule has 1 atom stereocenters. The Morgan fingerprint density at radius 3 is 2.16 bits per heavy atom. The molecular formula is C12H13ClN2O4. The summed E-state index contributed by atoms with van der Waals surface area (Å²) in [6.45, 7) is 0. The maximum Gasteiger partial charge on any atom is 0.322 e. The number of urea groups is 1. The smallest absolute Gasteiger partial charge is 0.322 e. The Hall–Kier alpha value is -1.63. The van der Waals surface area contributed by atoms with Crippen LogP contribution >= 0.6 is 11.6 Å². The Balaban J connectivity index is 2.54. The van der Waals surface area contributed by atoms with Crippen molar-refractivity contribution in [3.05, 3.63) is 34.9 Å². The number of carbonyl (C=O) groups is 2. The summed E-state index contributed by atoms with van der Waals surface area (Å²) in [5, 5.41) is 5.27. The van der Waals surface area contributed by atoms with Crippen molar-refractivity contribution >= 4 is 23.5 Å². The molecule has 7 heteroatoms. The van der Waals surface area contributed by atoms with E-state index in [-0.39, 0.29) is 0 Å². The van der Waals surface area contributed by atoms with E-state index in [9.17, 15) is 9.59 Å². The number of imide groups is 1. The lowest BCUT2D eigenvalue weighted by Crippen LogP contribution is -2.54. The van der Waals surface area contributed by atoms with Crippen molar-refractivity contribution in [2.45, 2.75) is 11.8 Å². The van der Waals surface area contributed by atoms with Gasteiger partial charge in [0.05, 0.1) is 0 Å². The number of benzene rings is 1. The fraction of sp³-hybridized carbons (Fsp3) is 0.333. The average molecular weight is 285 g/mol. The van der Waals surface area contributed by atoms with Gasteiger partial charge in [0.25, 0.3) is 5.91 Å². The Labute approximate surface area is 115 Å². The number of nitrogens with one attached hydrogen (secondary N) is 2. The standard InChI is InChI=1S/C12H13ClN2O4/c1-18-10(19-2)12(9(16)14-11(17)15-12)7-3-5-8(13)6-4-7/h3-6,10H,1-2H3,(H2,14,15,16,17). The molecule has 0 spiro atoms. The zero-order valence-corrected chi connectivity index (χ0v) is 11.2. The van der Waals surface area contributed by atoms with Gasteiger partial charge < -0.3 is 14.8 Å². The van der Waals surface area contributed by atoms with Gasteiger partial charge in [-0.25, -0.2) is 4.79 Å². The van der Waals surface area contributed by atoms with E-state index in [4.69, 9.17) is 21.1 Å². The minimum atomic E-state index is -1.43. The number of hydrogen-bond donors (Lipinski definition) is 2. The molecule has 1 aliphatic heterocycles. The largest absolute Gasteiger partial charge is 0.353 e. The molecule has 1 saturated heterocycles. The third kappa shape index (κ3) is 2.18. The Morgan fingerprint density at radius 1 is 1.16 bits per heavy atom. The first kappa shape index (κ1) is 13.8.